The Morgan fingerprint density at radius 3 is 2.83 bits per heavy atom. The molecule has 0 N–H and O–H groups in total. The fourth-order valence-electron chi connectivity index (χ4n) is 3.50. The first-order valence-corrected chi connectivity index (χ1v) is 10.2. The number of carbonyl (C=O) groups is 1. The Labute approximate surface area is 176 Å². The van der Waals surface area contributed by atoms with Crippen LogP contribution in [0.4, 0.5) is 13.9 Å². The summed E-state index contributed by atoms with van der Waals surface area (Å²) in [6.07, 6.45) is 1.53. The standard InChI is InChI=1S/C21H20F2N2O4S/c1-27-16-7-3-6-14(19(16)28-2)20(26)25(11-13-5-4-8-29-13)21-24-18-15(23)9-12(22)10-17(18)30-21/h3,6-7,9-10,13H,4-5,8,11H2,1-2H3. The molecule has 3 aromatic rings. The number of halogens is 2. The molecule has 0 saturated carbocycles. The summed E-state index contributed by atoms with van der Waals surface area (Å²) >= 11 is 1.05. The summed E-state index contributed by atoms with van der Waals surface area (Å²) in [7, 11) is 2.94. The van der Waals surface area contributed by atoms with Gasteiger partial charge in [0.05, 0.1) is 37.1 Å². The van der Waals surface area contributed by atoms with Gasteiger partial charge in [-0.1, -0.05) is 17.4 Å². The van der Waals surface area contributed by atoms with Crippen molar-refractivity contribution >= 4 is 32.6 Å². The molecule has 0 radical (unpaired) electrons. The molecular weight excluding hydrogens is 414 g/mol. The van der Waals surface area contributed by atoms with Gasteiger partial charge in [-0.3, -0.25) is 9.69 Å². The maximum absolute atomic E-state index is 14.2. The lowest BCUT2D eigenvalue weighted by Crippen LogP contribution is -2.37. The third kappa shape index (κ3) is 3.82. The van der Waals surface area contributed by atoms with Gasteiger partial charge in [0.25, 0.3) is 5.91 Å². The molecule has 1 aliphatic rings. The van der Waals surface area contributed by atoms with Crippen molar-refractivity contribution in [2.75, 3.05) is 32.3 Å². The van der Waals surface area contributed by atoms with Crippen molar-refractivity contribution in [2.24, 2.45) is 0 Å². The zero-order valence-electron chi connectivity index (χ0n) is 16.5. The Kier molecular flexibility index (Phi) is 5.83. The summed E-state index contributed by atoms with van der Waals surface area (Å²) in [5, 5.41) is 0.264. The molecule has 0 spiro atoms. The first kappa shape index (κ1) is 20.5. The minimum Gasteiger partial charge on any atom is -0.493 e. The van der Waals surface area contributed by atoms with Crippen LogP contribution in [0, 0.1) is 11.6 Å². The van der Waals surface area contributed by atoms with Gasteiger partial charge in [-0.25, -0.2) is 13.8 Å². The zero-order chi connectivity index (χ0) is 21.3. The fourth-order valence-corrected chi connectivity index (χ4v) is 4.51. The Balaban J connectivity index is 1.79. The van der Waals surface area contributed by atoms with E-state index in [4.69, 9.17) is 14.2 Å². The number of aromatic nitrogens is 1. The molecule has 6 nitrogen and oxygen atoms in total. The zero-order valence-corrected chi connectivity index (χ0v) is 17.3. The van der Waals surface area contributed by atoms with Crippen LogP contribution < -0.4 is 14.4 Å². The van der Waals surface area contributed by atoms with Crippen LogP contribution in [0.25, 0.3) is 10.2 Å². The molecule has 2 heterocycles. The summed E-state index contributed by atoms with van der Waals surface area (Å²) < 4.78 is 44.6. The fraction of sp³-hybridized carbons (Fsp3) is 0.333. The van der Waals surface area contributed by atoms with Crippen LogP contribution in [0.5, 0.6) is 11.5 Å². The van der Waals surface area contributed by atoms with E-state index < -0.39 is 11.6 Å². The van der Waals surface area contributed by atoms with Gasteiger partial charge >= 0.3 is 0 Å². The molecule has 1 atom stereocenters. The number of para-hydroxylation sites is 1. The minimum absolute atomic E-state index is 0.0270. The first-order valence-electron chi connectivity index (χ1n) is 9.42. The van der Waals surface area contributed by atoms with E-state index >= 15 is 0 Å². The molecule has 1 saturated heterocycles. The molecule has 1 aromatic heterocycles. The Morgan fingerprint density at radius 2 is 2.13 bits per heavy atom. The van der Waals surface area contributed by atoms with E-state index in [2.05, 4.69) is 4.98 Å². The van der Waals surface area contributed by atoms with Gasteiger partial charge in [0.15, 0.2) is 22.4 Å². The van der Waals surface area contributed by atoms with Crippen LogP contribution in [0.15, 0.2) is 30.3 Å². The van der Waals surface area contributed by atoms with Crippen molar-refractivity contribution in [1.82, 2.24) is 4.98 Å². The molecule has 1 amide bonds. The number of hydrogen-bond acceptors (Lipinski definition) is 6. The van der Waals surface area contributed by atoms with Crippen LogP contribution >= 0.6 is 11.3 Å². The highest BCUT2D eigenvalue weighted by Gasteiger charge is 2.30. The molecule has 1 unspecified atom stereocenters. The second-order valence-electron chi connectivity index (χ2n) is 6.82. The van der Waals surface area contributed by atoms with Crippen molar-refractivity contribution in [3.05, 3.63) is 47.5 Å². The van der Waals surface area contributed by atoms with Crippen LogP contribution in [0.1, 0.15) is 23.2 Å². The smallest absolute Gasteiger partial charge is 0.264 e. The number of rotatable bonds is 6. The van der Waals surface area contributed by atoms with Gasteiger partial charge in [-0.05, 0) is 31.0 Å². The molecule has 0 aliphatic carbocycles. The molecule has 0 bridgehead atoms. The van der Waals surface area contributed by atoms with E-state index in [1.807, 2.05) is 0 Å². The summed E-state index contributed by atoms with van der Waals surface area (Å²) in [6, 6.07) is 6.99. The van der Waals surface area contributed by atoms with Crippen molar-refractivity contribution in [3.8, 4) is 11.5 Å². The number of thiazole rings is 1. The summed E-state index contributed by atoms with van der Waals surface area (Å²) in [5.41, 5.74) is 0.305. The topological polar surface area (TPSA) is 60.9 Å². The highest BCUT2D eigenvalue weighted by molar-refractivity contribution is 7.22. The number of nitrogens with zero attached hydrogens (tertiary/aromatic N) is 2. The number of hydrogen-bond donors (Lipinski definition) is 0. The molecular formula is C21H20F2N2O4S. The molecule has 9 heteroatoms. The maximum Gasteiger partial charge on any atom is 0.264 e. The third-order valence-corrected chi connectivity index (χ3v) is 5.95. The number of ether oxygens (including phenoxy) is 3. The second kappa shape index (κ2) is 8.53. The average molecular weight is 434 g/mol. The molecule has 2 aromatic carbocycles. The van der Waals surface area contributed by atoms with Crippen LogP contribution in [0.2, 0.25) is 0 Å². The van der Waals surface area contributed by atoms with Gasteiger partial charge in [0.2, 0.25) is 0 Å². The number of amides is 1. The van der Waals surface area contributed by atoms with Gasteiger partial charge in [-0.15, -0.1) is 0 Å². The Hall–Kier alpha value is -2.78. The lowest BCUT2D eigenvalue weighted by atomic mass is 10.1. The van der Waals surface area contributed by atoms with Crippen LogP contribution in [-0.4, -0.2) is 44.4 Å². The first-order chi connectivity index (χ1) is 14.5. The van der Waals surface area contributed by atoms with Crippen molar-refractivity contribution in [1.29, 1.82) is 0 Å². The predicted octanol–water partition coefficient (Wildman–Crippen LogP) is 4.42. The lowest BCUT2D eigenvalue weighted by Gasteiger charge is -2.24. The highest BCUT2D eigenvalue weighted by atomic mass is 32.1. The lowest BCUT2D eigenvalue weighted by molar-refractivity contribution is 0.0914. The molecule has 158 valence electrons. The Bertz CT molecular complexity index is 1080. The number of benzene rings is 2. The molecule has 4 rings (SSSR count). The van der Waals surface area contributed by atoms with Crippen molar-refractivity contribution < 1.29 is 27.8 Å². The number of carbonyl (C=O) groups excluding carboxylic acids is 1. The van der Waals surface area contributed by atoms with Crippen molar-refractivity contribution in [2.45, 2.75) is 18.9 Å². The van der Waals surface area contributed by atoms with Crippen molar-refractivity contribution in [3.63, 3.8) is 0 Å². The summed E-state index contributed by atoms with van der Waals surface area (Å²) in [4.78, 5) is 19.3. The van der Waals surface area contributed by atoms with E-state index in [-0.39, 0.29) is 34.8 Å². The molecule has 30 heavy (non-hydrogen) atoms. The van der Waals surface area contributed by atoms with Crippen LogP contribution in [0.3, 0.4) is 0 Å². The predicted molar refractivity (Wildman–Crippen MR) is 110 cm³/mol. The maximum atomic E-state index is 14.2. The van der Waals surface area contributed by atoms with Gasteiger partial charge in [-0.2, -0.15) is 0 Å². The quantitative estimate of drug-likeness (QED) is 0.575. The van der Waals surface area contributed by atoms with Gasteiger partial charge in [0.1, 0.15) is 11.3 Å². The normalized spacial score (nSPS) is 16.1. The highest BCUT2D eigenvalue weighted by Crippen LogP contribution is 2.36. The van der Waals surface area contributed by atoms with Gasteiger partial charge in [0, 0.05) is 12.7 Å². The van der Waals surface area contributed by atoms with E-state index in [1.165, 1.54) is 25.2 Å². The third-order valence-electron chi connectivity index (χ3n) is 4.92. The second-order valence-corrected chi connectivity index (χ2v) is 7.83. The average Bonchev–Trinajstić information content (AvgIpc) is 3.40. The number of anilines is 1. The number of fused-ring (bicyclic) bond motifs is 1. The Morgan fingerprint density at radius 1 is 1.30 bits per heavy atom. The summed E-state index contributed by atoms with van der Waals surface area (Å²) in [5.74, 6) is -1.14. The largest absolute Gasteiger partial charge is 0.493 e. The summed E-state index contributed by atoms with van der Waals surface area (Å²) in [6.45, 7) is 0.859. The van der Waals surface area contributed by atoms with E-state index in [0.29, 0.717) is 22.8 Å². The van der Waals surface area contributed by atoms with Crippen LogP contribution in [-0.2, 0) is 4.74 Å². The molecule has 1 fully saturated rings. The monoisotopic (exact) mass is 434 g/mol. The van der Waals surface area contributed by atoms with E-state index in [1.54, 1.807) is 18.2 Å². The van der Waals surface area contributed by atoms with E-state index in [0.717, 1.165) is 30.2 Å². The molecule has 1 aliphatic heterocycles. The van der Waals surface area contributed by atoms with Gasteiger partial charge < -0.3 is 14.2 Å². The number of methoxy groups -OCH3 is 2. The SMILES string of the molecule is COc1cccc(C(=O)N(CC2CCCO2)c2nc3c(F)cc(F)cc3s2)c1OC. The van der Waals surface area contributed by atoms with E-state index in [9.17, 15) is 13.6 Å². The minimum atomic E-state index is -0.768.